The highest BCUT2D eigenvalue weighted by molar-refractivity contribution is 5.10. The van der Waals surface area contributed by atoms with Gasteiger partial charge in [-0.25, -0.2) is 4.98 Å². The Hall–Kier alpha value is -1.16. The summed E-state index contributed by atoms with van der Waals surface area (Å²) in [6.07, 6.45) is 3.90. The average molecular weight is 180 g/mol. The Balaban J connectivity index is 2.47. The van der Waals surface area contributed by atoms with Crippen molar-refractivity contribution in [2.24, 2.45) is 0 Å². The highest BCUT2D eigenvalue weighted by Crippen LogP contribution is 2.08. The molecule has 0 atom stereocenters. The van der Waals surface area contributed by atoms with Gasteiger partial charge in [0.15, 0.2) is 0 Å². The van der Waals surface area contributed by atoms with E-state index in [2.05, 4.69) is 4.98 Å². The molecular formula is C9H12N2O2. The third kappa shape index (κ3) is 1.37. The molecule has 2 rings (SSSR count). The van der Waals surface area contributed by atoms with Gasteiger partial charge in [0.25, 0.3) is 5.56 Å². The summed E-state index contributed by atoms with van der Waals surface area (Å²) in [6, 6.07) is 0. The van der Waals surface area contributed by atoms with Crippen molar-refractivity contribution in [3.8, 4) is 0 Å². The highest BCUT2D eigenvalue weighted by atomic mass is 16.3. The van der Waals surface area contributed by atoms with Crippen LogP contribution in [0.1, 0.15) is 17.8 Å². The number of rotatable bonds is 2. The predicted molar refractivity (Wildman–Crippen MR) is 47.6 cm³/mol. The second-order valence-electron chi connectivity index (χ2n) is 3.23. The summed E-state index contributed by atoms with van der Waals surface area (Å²) >= 11 is 0. The van der Waals surface area contributed by atoms with E-state index < -0.39 is 0 Å². The first-order valence-corrected chi connectivity index (χ1v) is 4.51. The van der Waals surface area contributed by atoms with E-state index >= 15 is 0 Å². The molecule has 1 N–H and O–H groups in total. The Morgan fingerprint density at radius 3 is 3.23 bits per heavy atom. The van der Waals surface area contributed by atoms with Crippen molar-refractivity contribution in [1.82, 2.24) is 9.55 Å². The summed E-state index contributed by atoms with van der Waals surface area (Å²) in [5, 5.41) is 8.72. The van der Waals surface area contributed by atoms with E-state index in [0.717, 1.165) is 25.2 Å². The molecule has 4 nitrogen and oxygen atoms in total. The van der Waals surface area contributed by atoms with Crippen LogP contribution in [0.15, 0.2) is 11.0 Å². The summed E-state index contributed by atoms with van der Waals surface area (Å²) in [5.41, 5.74) is 0.643. The van der Waals surface area contributed by atoms with Crippen LogP contribution in [0, 0.1) is 0 Å². The van der Waals surface area contributed by atoms with E-state index in [9.17, 15) is 4.79 Å². The lowest BCUT2D eigenvalue weighted by molar-refractivity contribution is 0.298. The number of hydrogen-bond acceptors (Lipinski definition) is 3. The number of aliphatic hydroxyl groups excluding tert-OH is 1. The molecule has 0 fully saturated rings. The Morgan fingerprint density at radius 2 is 2.46 bits per heavy atom. The van der Waals surface area contributed by atoms with Gasteiger partial charge < -0.3 is 5.11 Å². The lowest BCUT2D eigenvalue weighted by Gasteiger charge is -2.03. The zero-order valence-corrected chi connectivity index (χ0v) is 7.36. The maximum absolute atomic E-state index is 11.7. The van der Waals surface area contributed by atoms with Crippen molar-refractivity contribution in [2.45, 2.75) is 25.8 Å². The molecule has 1 aromatic heterocycles. The van der Waals surface area contributed by atoms with Crippen molar-refractivity contribution in [2.75, 3.05) is 6.61 Å². The SMILES string of the molecule is O=c1c(CCO)cnc2n1CCC2. The van der Waals surface area contributed by atoms with Crippen LogP contribution in [-0.2, 0) is 19.4 Å². The van der Waals surface area contributed by atoms with Crippen molar-refractivity contribution >= 4 is 0 Å². The first kappa shape index (κ1) is 8.44. The van der Waals surface area contributed by atoms with Crippen LogP contribution >= 0.6 is 0 Å². The molecule has 1 aromatic rings. The van der Waals surface area contributed by atoms with Crippen LogP contribution in [0.4, 0.5) is 0 Å². The minimum absolute atomic E-state index is 0.0102. The highest BCUT2D eigenvalue weighted by Gasteiger charge is 2.14. The molecular weight excluding hydrogens is 168 g/mol. The van der Waals surface area contributed by atoms with Crippen LogP contribution < -0.4 is 5.56 Å². The van der Waals surface area contributed by atoms with E-state index in [0.29, 0.717) is 12.0 Å². The minimum atomic E-state index is 0.0102. The van der Waals surface area contributed by atoms with Crippen LogP contribution in [0.25, 0.3) is 0 Å². The van der Waals surface area contributed by atoms with Gasteiger partial charge in [-0.15, -0.1) is 0 Å². The molecule has 13 heavy (non-hydrogen) atoms. The fourth-order valence-corrected chi connectivity index (χ4v) is 1.69. The molecule has 0 bridgehead atoms. The fourth-order valence-electron chi connectivity index (χ4n) is 1.69. The van der Waals surface area contributed by atoms with Gasteiger partial charge in [0.05, 0.1) is 0 Å². The van der Waals surface area contributed by atoms with Gasteiger partial charge >= 0.3 is 0 Å². The Kier molecular flexibility index (Phi) is 2.14. The quantitative estimate of drug-likeness (QED) is 0.681. The second kappa shape index (κ2) is 3.30. The maximum Gasteiger partial charge on any atom is 0.256 e. The third-order valence-corrected chi connectivity index (χ3v) is 2.36. The van der Waals surface area contributed by atoms with Gasteiger partial charge in [-0.1, -0.05) is 0 Å². The van der Waals surface area contributed by atoms with Gasteiger partial charge in [-0.2, -0.15) is 0 Å². The number of aryl methyl sites for hydroxylation is 1. The molecule has 4 heteroatoms. The molecule has 0 unspecified atom stereocenters. The van der Waals surface area contributed by atoms with Gasteiger partial charge in [-0.05, 0) is 6.42 Å². The molecule has 0 saturated heterocycles. The maximum atomic E-state index is 11.7. The molecule has 0 amide bonds. The molecule has 70 valence electrons. The topological polar surface area (TPSA) is 55.1 Å². The Labute approximate surface area is 75.9 Å². The molecule has 1 aliphatic heterocycles. The minimum Gasteiger partial charge on any atom is -0.396 e. The molecule has 0 saturated carbocycles. The van der Waals surface area contributed by atoms with Crippen molar-refractivity contribution in [3.63, 3.8) is 0 Å². The number of fused-ring (bicyclic) bond motifs is 1. The number of aliphatic hydroxyl groups is 1. The van der Waals surface area contributed by atoms with E-state index in [4.69, 9.17) is 5.11 Å². The Morgan fingerprint density at radius 1 is 1.62 bits per heavy atom. The summed E-state index contributed by atoms with van der Waals surface area (Å²) in [7, 11) is 0. The first-order valence-electron chi connectivity index (χ1n) is 4.51. The number of nitrogens with zero attached hydrogens (tertiary/aromatic N) is 2. The van der Waals surface area contributed by atoms with E-state index in [-0.39, 0.29) is 12.2 Å². The summed E-state index contributed by atoms with van der Waals surface area (Å²) in [4.78, 5) is 15.9. The van der Waals surface area contributed by atoms with Gasteiger partial charge in [0, 0.05) is 37.8 Å². The average Bonchev–Trinajstić information content (AvgIpc) is 2.58. The van der Waals surface area contributed by atoms with Crippen LogP contribution in [-0.4, -0.2) is 21.3 Å². The third-order valence-electron chi connectivity index (χ3n) is 2.36. The fraction of sp³-hybridized carbons (Fsp3) is 0.556. The van der Waals surface area contributed by atoms with Gasteiger partial charge in [0.1, 0.15) is 5.82 Å². The zero-order valence-electron chi connectivity index (χ0n) is 7.36. The zero-order chi connectivity index (χ0) is 9.26. The molecule has 0 aromatic carbocycles. The smallest absolute Gasteiger partial charge is 0.256 e. The lowest BCUT2D eigenvalue weighted by Crippen LogP contribution is -2.24. The first-order chi connectivity index (χ1) is 6.33. The summed E-state index contributed by atoms with van der Waals surface area (Å²) in [5.74, 6) is 0.881. The Bertz CT molecular complexity index is 370. The number of hydrogen-bond donors (Lipinski definition) is 1. The normalized spacial score (nSPS) is 14.5. The van der Waals surface area contributed by atoms with Gasteiger partial charge in [-0.3, -0.25) is 9.36 Å². The van der Waals surface area contributed by atoms with Crippen molar-refractivity contribution < 1.29 is 5.11 Å². The summed E-state index contributed by atoms with van der Waals surface area (Å²) in [6.45, 7) is 0.788. The van der Waals surface area contributed by atoms with E-state index in [1.54, 1.807) is 10.8 Å². The lowest BCUT2D eigenvalue weighted by atomic mass is 10.2. The second-order valence-corrected chi connectivity index (χ2v) is 3.23. The monoisotopic (exact) mass is 180 g/mol. The summed E-state index contributed by atoms with van der Waals surface area (Å²) < 4.78 is 1.71. The largest absolute Gasteiger partial charge is 0.396 e. The molecule has 0 radical (unpaired) electrons. The van der Waals surface area contributed by atoms with Crippen LogP contribution in [0.5, 0.6) is 0 Å². The van der Waals surface area contributed by atoms with Crippen LogP contribution in [0.3, 0.4) is 0 Å². The standard InChI is InChI=1S/C9H12N2O2/c12-5-3-7-6-10-8-2-1-4-11(8)9(7)13/h6,12H,1-5H2. The molecule has 0 spiro atoms. The van der Waals surface area contributed by atoms with Crippen molar-refractivity contribution in [1.29, 1.82) is 0 Å². The number of aromatic nitrogens is 2. The molecule has 1 aliphatic rings. The van der Waals surface area contributed by atoms with Crippen LogP contribution in [0.2, 0.25) is 0 Å². The van der Waals surface area contributed by atoms with Crippen molar-refractivity contribution in [3.05, 3.63) is 27.9 Å². The molecule has 0 aliphatic carbocycles. The van der Waals surface area contributed by atoms with Gasteiger partial charge in [0.2, 0.25) is 0 Å². The molecule has 2 heterocycles. The van der Waals surface area contributed by atoms with E-state index in [1.165, 1.54) is 0 Å². The van der Waals surface area contributed by atoms with E-state index in [1.807, 2.05) is 0 Å². The predicted octanol–water partition coefficient (Wildman–Crippen LogP) is -0.276.